The van der Waals surface area contributed by atoms with E-state index in [1.165, 1.54) is 0 Å². The first-order valence-electron chi connectivity index (χ1n) is 6.08. The molecule has 0 unspecified atom stereocenters. The van der Waals surface area contributed by atoms with E-state index in [2.05, 4.69) is 0 Å². The van der Waals surface area contributed by atoms with Gasteiger partial charge in [-0.1, -0.05) is 6.07 Å². The van der Waals surface area contributed by atoms with Crippen molar-refractivity contribution in [2.24, 2.45) is 0 Å². The Labute approximate surface area is 102 Å². The minimum absolute atomic E-state index is 0.108. The maximum atomic E-state index is 12.4. The van der Waals surface area contributed by atoms with Crippen molar-refractivity contribution in [2.75, 3.05) is 20.2 Å². The highest BCUT2D eigenvalue weighted by atomic mass is 16.5. The minimum Gasteiger partial charge on any atom is -0.496 e. The molecule has 3 heteroatoms. The summed E-state index contributed by atoms with van der Waals surface area (Å²) >= 11 is 0. The van der Waals surface area contributed by atoms with Gasteiger partial charge in [0, 0.05) is 13.1 Å². The van der Waals surface area contributed by atoms with E-state index in [0.29, 0.717) is 5.75 Å². The van der Waals surface area contributed by atoms with Crippen LogP contribution in [0.1, 0.15) is 34.3 Å². The van der Waals surface area contributed by atoms with Gasteiger partial charge in [-0.15, -0.1) is 0 Å². The summed E-state index contributed by atoms with van der Waals surface area (Å²) in [6.07, 6.45) is 2.22. The number of carbonyl (C=O) groups excluding carboxylic acids is 1. The Morgan fingerprint density at radius 2 is 1.88 bits per heavy atom. The van der Waals surface area contributed by atoms with Crippen molar-refractivity contribution < 1.29 is 9.53 Å². The summed E-state index contributed by atoms with van der Waals surface area (Å²) in [5, 5.41) is 0. The number of rotatable bonds is 2. The number of ether oxygens (including phenoxy) is 1. The van der Waals surface area contributed by atoms with Crippen LogP contribution in [0, 0.1) is 13.8 Å². The first kappa shape index (κ1) is 12.0. The molecule has 1 aliphatic rings. The van der Waals surface area contributed by atoms with E-state index in [9.17, 15) is 4.79 Å². The van der Waals surface area contributed by atoms with Gasteiger partial charge in [-0.05, 0) is 43.9 Å². The van der Waals surface area contributed by atoms with Crippen LogP contribution in [-0.4, -0.2) is 31.0 Å². The maximum absolute atomic E-state index is 12.4. The predicted octanol–water partition coefficient (Wildman–Crippen LogP) is 2.55. The van der Waals surface area contributed by atoms with Crippen LogP contribution in [-0.2, 0) is 0 Å². The molecule has 0 aliphatic carbocycles. The van der Waals surface area contributed by atoms with E-state index in [1.54, 1.807) is 7.11 Å². The Bertz CT molecular complexity index is 434. The van der Waals surface area contributed by atoms with Gasteiger partial charge in [-0.3, -0.25) is 4.79 Å². The van der Waals surface area contributed by atoms with Crippen molar-refractivity contribution in [3.63, 3.8) is 0 Å². The summed E-state index contributed by atoms with van der Waals surface area (Å²) in [5.41, 5.74) is 2.84. The molecule has 1 aromatic carbocycles. The third kappa shape index (κ3) is 2.28. The molecular formula is C14H19NO2. The van der Waals surface area contributed by atoms with E-state index < -0.39 is 0 Å². The van der Waals surface area contributed by atoms with Crippen LogP contribution in [0.15, 0.2) is 12.1 Å². The van der Waals surface area contributed by atoms with Crippen LogP contribution in [0.4, 0.5) is 0 Å². The number of nitrogens with zero attached hydrogens (tertiary/aromatic N) is 1. The molecule has 2 rings (SSSR count). The van der Waals surface area contributed by atoms with Gasteiger partial charge in [0.2, 0.25) is 0 Å². The second-order valence-electron chi connectivity index (χ2n) is 4.66. The zero-order chi connectivity index (χ0) is 12.4. The molecule has 1 saturated heterocycles. The van der Waals surface area contributed by atoms with Crippen molar-refractivity contribution >= 4 is 5.91 Å². The Hall–Kier alpha value is -1.51. The third-order valence-electron chi connectivity index (χ3n) is 3.27. The number of likely N-dealkylation sites (tertiary alicyclic amines) is 1. The average Bonchev–Trinajstić information content (AvgIpc) is 2.80. The zero-order valence-electron chi connectivity index (χ0n) is 10.7. The van der Waals surface area contributed by atoms with Crippen molar-refractivity contribution in [1.82, 2.24) is 4.90 Å². The largest absolute Gasteiger partial charge is 0.496 e. The van der Waals surface area contributed by atoms with Gasteiger partial charge >= 0.3 is 0 Å². The van der Waals surface area contributed by atoms with Crippen LogP contribution >= 0.6 is 0 Å². The molecule has 0 bridgehead atoms. The number of aryl methyl sites for hydroxylation is 2. The Kier molecular flexibility index (Phi) is 3.36. The SMILES string of the molecule is COc1cc(C)cc(C)c1C(=O)N1CCCC1. The van der Waals surface area contributed by atoms with E-state index >= 15 is 0 Å². The molecule has 1 fully saturated rings. The summed E-state index contributed by atoms with van der Waals surface area (Å²) < 4.78 is 5.34. The smallest absolute Gasteiger partial charge is 0.257 e. The lowest BCUT2D eigenvalue weighted by Gasteiger charge is -2.19. The van der Waals surface area contributed by atoms with Gasteiger partial charge in [0.05, 0.1) is 12.7 Å². The summed E-state index contributed by atoms with van der Waals surface area (Å²) in [4.78, 5) is 14.3. The Balaban J connectivity index is 2.39. The lowest BCUT2D eigenvalue weighted by atomic mass is 10.0. The van der Waals surface area contributed by atoms with Crippen molar-refractivity contribution in [2.45, 2.75) is 26.7 Å². The summed E-state index contributed by atoms with van der Waals surface area (Å²) in [6.45, 7) is 5.73. The second kappa shape index (κ2) is 4.78. The van der Waals surface area contributed by atoms with Crippen molar-refractivity contribution in [3.05, 3.63) is 28.8 Å². The highest BCUT2D eigenvalue weighted by molar-refractivity contribution is 5.98. The number of carbonyl (C=O) groups is 1. The monoisotopic (exact) mass is 233 g/mol. The number of amides is 1. The average molecular weight is 233 g/mol. The first-order valence-corrected chi connectivity index (χ1v) is 6.08. The summed E-state index contributed by atoms with van der Waals surface area (Å²) in [7, 11) is 1.62. The predicted molar refractivity (Wildman–Crippen MR) is 67.6 cm³/mol. The van der Waals surface area contributed by atoms with Gasteiger partial charge in [-0.2, -0.15) is 0 Å². The first-order chi connectivity index (χ1) is 8.13. The third-order valence-corrected chi connectivity index (χ3v) is 3.27. The molecule has 17 heavy (non-hydrogen) atoms. The van der Waals surface area contributed by atoms with E-state index in [4.69, 9.17) is 4.74 Å². The van der Waals surface area contributed by atoms with E-state index in [0.717, 1.165) is 42.6 Å². The van der Waals surface area contributed by atoms with Crippen LogP contribution in [0.3, 0.4) is 0 Å². The summed E-state index contributed by atoms with van der Waals surface area (Å²) in [5.74, 6) is 0.802. The lowest BCUT2D eigenvalue weighted by molar-refractivity contribution is 0.0788. The number of benzene rings is 1. The Morgan fingerprint density at radius 3 is 2.47 bits per heavy atom. The van der Waals surface area contributed by atoms with Gasteiger partial charge in [-0.25, -0.2) is 0 Å². The van der Waals surface area contributed by atoms with Crippen LogP contribution in [0.5, 0.6) is 5.75 Å². The maximum Gasteiger partial charge on any atom is 0.257 e. The van der Waals surface area contributed by atoms with Crippen molar-refractivity contribution in [3.8, 4) is 5.75 Å². The fourth-order valence-electron chi connectivity index (χ4n) is 2.44. The Morgan fingerprint density at radius 1 is 1.24 bits per heavy atom. The van der Waals surface area contributed by atoms with Crippen LogP contribution in [0.25, 0.3) is 0 Å². The van der Waals surface area contributed by atoms with Gasteiger partial charge < -0.3 is 9.64 Å². The molecule has 0 radical (unpaired) electrons. The number of methoxy groups -OCH3 is 1. The van der Waals surface area contributed by atoms with Crippen LogP contribution < -0.4 is 4.74 Å². The molecule has 0 aromatic heterocycles. The quantitative estimate of drug-likeness (QED) is 0.785. The molecule has 92 valence electrons. The number of hydrogen-bond donors (Lipinski definition) is 0. The molecule has 0 saturated carbocycles. The molecule has 0 N–H and O–H groups in total. The minimum atomic E-state index is 0.108. The van der Waals surface area contributed by atoms with E-state index in [1.807, 2.05) is 30.9 Å². The molecular weight excluding hydrogens is 214 g/mol. The lowest BCUT2D eigenvalue weighted by Crippen LogP contribution is -2.28. The van der Waals surface area contributed by atoms with Gasteiger partial charge in [0.15, 0.2) is 0 Å². The zero-order valence-corrected chi connectivity index (χ0v) is 10.7. The molecule has 1 aromatic rings. The molecule has 1 heterocycles. The topological polar surface area (TPSA) is 29.5 Å². The van der Waals surface area contributed by atoms with E-state index in [-0.39, 0.29) is 5.91 Å². The highest BCUT2D eigenvalue weighted by Crippen LogP contribution is 2.26. The highest BCUT2D eigenvalue weighted by Gasteiger charge is 2.24. The molecule has 0 atom stereocenters. The van der Waals surface area contributed by atoms with Gasteiger partial charge in [0.1, 0.15) is 5.75 Å². The number of hydrogen-bond acceptors (Lipinski definition) is 2. The standard InChI is InChI=1S/C14H19NO2/c1-10-8-11(2)13(12(9-10)17-3)14(16)15-6-4-5-7-15/h8-9H,4-7H2,1-3H3. The van der Waals surface area contributed by atoms with Crippen molar-refractivity contribution in [1.29, 1.82) is 0 Å². The van der Waals surface area contributed by atoms with Gasteiger partial charge in [0.25, 0.3) is 5.91 Å². The molecule has 3 nitrogen and oxygen atoms in total. The second-order valence-corrected chi connectivity index (χ2v) is 4.66. The molecule has 1 amide bonds. The molecule has 0 spiro atoms. The van der Waals surface area contributed by atoms with Crippen LogP contribution in [0.2, 0.25) is 0 Å². The molecule has 1 aliphatic heterocycles. The fraction of sp³-hybridized carbons (Fsp3) is 0.500. The fourth-order valence-corrected chi connectivity index (χ4v) is 2.44. The normalized spacial score (nSPS) is 15.1. The summed E-state index contributed by atoms with van der Waals surface area (Å²) in [6, 6.07) is 3.96.